The molecular formula is C50H78N2O11. The number of fused-ring (bicyclic) bond motifs is 5. The summed E-state index contributed by atoms with van der Waals surface area (Å²) in [4.78, 5) is 31.6. The van der Waals surface area contributed by atoms with Gasteiger partial charge in [0.2, 0.25) is 0 Å². The molecular weight excluding hydrogens is 805 g/mol. The Bertz CT molecular complexity index is 1710. The molecule has 354 valence electrons. The van der Waals surface area contributed by atoms with Crippen LogP contribution in [0.3, 0.4) is 0 Å². The van der Waals surface area contributed by atoms with Crippen LogP contribution in [0.2, 0.25) is 0 Å². The molecule has 1 aromatic rings. The van der Waals surface area contributed by atoms with Crippen LogP contribution in [0.15, 0.2) is 42.0 Å². The fourth-order valence-corrected chi connectivity index (χ4v) is 12.6. The van der Waals surface area contributed by atoms with Crippen LogP contribution >= 0.6 is 0 Å². The van der Waals surface area contributed by atoms with Crippen molar-refractivity contribution >= 4 is 11.8 Å². The van der Waals surface area contributed by atoms with Gasteiger partial charge in [-0.25, -0.2) is 0 Å². The first-order chi connectivity index (χ1) is 30.1. The smallest absolute Gasteiger partial charge is 0.306 e. The maximum absolute atomic E-state index is 15.3. The van der Waals surface area contributed by atoms with Crippen LogP contribution < -0.4 is 5.32 Å². The SMILES string of the molecule is CC[C@H]1CCC[C@H](O[C@H]2CC[C@H](N(C)C)C(C)O2)[C@@H](C)C(=O)C2=C[C@H]3[C@@H]4C[C@H](O[C@@H]5OC(C)[C@H](OC)[C@@H](OC)C5OC)C[C@H]4[C@@H](O)[C@H](NC(C)(C)c4ccccc4)[C@H]3[C@@H]2CC(=O)O1. The molecule has 6 aliphatic rings. The van der Waals surface area contributed by atoms with Crippen LogP contribution in [0.1, 0.15) is 105 Å². The number of aliphatic hydroxyl groups excluding tert-OH is 1. The molecule has 1 aromatic carbocycles. The van der Waals surface area contributed by atoms with Gasteiger partial charge in [-0.3, -0.25) is 9.59 Å². The lowest BCUT2D eigenvalue weighted by Gasteiger charge is -2.50. The largest absolute Gasteiger partial charge is 0.462 e. The Morgan fingerprint density at radius 3 is 2.21 bits per heavy atom. The number of likely N-dealkylation sites (N-methyl/N-ethyl adjacent to an activating group) is 1. The summed E-state index contributed by atoms with van der Waals surface area (Å²) in [5.74, 6) is -1.82. The topological polar surface area (TPSA) is 143 Å². The third-order valence-corrected chi connectivity index (χ3v) is 15.9. The Morgan fingerprint density at radius 2 is 1.56 bits per heavy atom. The molecule has 0 aromatic heterocycles. The zero-order valence-electron chi connectivity index (χ0n) is 39.8. The van der Waals surface area contributed by atoms with Gasteiger partial charge in [-0.1, -0.05) is 50.3 Å². The van der Waals surface area contributed by atoms with E-state index in [1.54, 1.807) is 21.3 Å². The highest BCUT2D eigenvalue weighted by atomic mass is 16.7. The molecule has 13 heteroatoms. The zero-order valence-corrected chi connectivity index (χ0v) is 39.8. The van der Waals surface area contributed by atoms with Crippen molar-refractivity contribution in [2.75, 3.05) is 35.4 Å². The second-order valence-corrected chi connectivity index (χ2v) is 20.3. The maximum Gasteiger partial charge on any atom is 0.306 e. The number of cyclic esters (lactones) is 1. The molecule has 0 radical (unpaired) electrons. The molecule has 63 heavy (non-hydrogen) atoms. The highest BCUT2D eigenvalue weighted by molar-refractivity contribution is 5.99. The van der Waals surface area contributed by atoms with Crippen LogP contribution in [-0.4, -0.2) is 137 Å². The first-order valence-electron chi connectivity index (χ1n) is 23.9. The number of allylic oxidation sites excluding steroid dienone is 2. The lowest BCUT2D eigenvalue weighted by Crippen LogP contribution is -2.61. The molecule has 0 bridgehead atoms. The number of carbonyl (C=O) groups excluding carboxylic acids is 2. The number of carbonyl (C=O) groups is 2. The Balaban J connectivity index is 1.23. The number of ether oxygens (including phenoxy) is 8. The van der Waals surface area contributed by atoms with Gasteiger partial charge in [-0.15, -0.1) is 0 Å². The van der Waals surface area contributed by atoms with Crippen molar-refractivity contribution in [3.8, 4) is 0 Å². The minimum Gasteiger partial charge on any atom is -0.462 e. The molecule has 3 heterocycles. The Morgan fingerprint density at radius 1 is 0.857 bits per heavy atom. The summed E-state index contributed by atoms with van der Waals surface area (Å²) in [7, 11) is 9.08. The fraction of sp³-hybridized carbons (Fsp3) is 0.800. The summed E-state index contributed by atoms with van der Waals surface area (Å²) in [6.07, 6.45) is 3.57. The third-order valence-electron chi connectivity index (χ3n) is 15.9. The zero-order chi connectivity index (χ0) is 45.3. The van der Waals surface area contributed by atoms with Crippen LogP contribution in [0.5, 0.6) is 0 Å². The van der Waals surface area contributed by atoms with Crippen molar-refractivity contribution in [3.63, 3.8) is 0 Å². The molecule has 0 spiro atoms. The summed E-state index contributed by atoms with van der Waals surface area (Å²) in [6, 6.07) is 10.1. The Hall–Kier alpha value is -2.30. The standard InChI is InChI=1S/C50H78N2O11/c1-12-31-19-16-20-39(63-41-22-21-38(52(7)8)28(3)59-41)27(2)44(54)37-25-34-33-23-32(62-49-48(58-11)47(57-10)46(56-9)29(4)60-49)24-36(33)45(55)43(42(34)35(37)26-40(53)61-31)51-50(5,6)30-17-14-13-15-18-30/h13-15,17-18,25,27-29,31-36,38-39,41-43,45-49,51,55H,12,16,19-24,26H2,1-11H3/t27-,28?,29?,31+,32+,33+,34+,35-,36-,38+,39+,41+,42-,43-,45-,46+,47-,48?,49+/m1/s1. The van der Waals surface area contributed by atoms with E-state index in [1.807, 2.05) is 32.0 Å². The lowest BCUT2D eigenvalue weighted by molar-refractivity contribution is -0.314. The number of Topliss-reactive ketones (excluding diaryl/α,β-unsaturated/α-hetero) is 1. The number of rotatable bonds is 12. The van der Waals surface area contributed by atoms with Crippen molar-refractivity contribution in [2.45, 2.75) is 184 Å². The van der Waals surface area contributed by atoms with Crippen molar-refractivity contribution in [2.24, 2.45) is 35.5 Å². The number of benzene rings is 1. The molecule has 0 amide bonds. The molecule has 3 unspecified atom stereocenters. The summed E-state index contributed by atoms with van der Waals surface area (Å²) in [6.45, 7) is 12.4. The highest BCUT2D eigenvalue weighted by Gasteiger charge is 2.60. The molecule has 7 rings (SSSR count). The highest BCUT2D eigenvalue weighted by Crippen LogP contribution is 2.57. The quantitative estimate of drug-likeness (QED) is 0.231. The van der Waals surface area contributed by atoms with Crippen LogP contribution in [0.25, 0.3) is 0 Å². The summed E-state index contributed by atoms with van der Waals surface area (Å²) in [5.41, 5.74) is 1.18. The van der Waals surface area contributed by atoms with Crippen molar-refractivity contribution in [3.05, 3.63) is 47.5 Å². The van der Waals surface area contributed by atoms with Gasteiger partial charge in [0.1, 0.15) is 24.4 Å². The van der Waals surface area contributed by atoms with E-state index in [1.165, 1.54) is 0 Å². The normalized spacial score (nSPS) is 42.7. The maximum atomic E-state index is 15.3. The minimum atomic E-state index is -0.796. The van der Waals surface area contributed by atoms with Gasteiger partial charge in [-0.05, 0) is 128 Å². The average molecular weight is 883 g/mol. The van der Waals surface area contributed by atoms with Gasteiger partial charge in [0.15, 0.2) is 18.4 Å². The van der Waals surface area contributed by atoms with Crippen molar-refractivity contribution < 1.29 is 52.6 Å². The van der Waals surface area contributed by atoms with Crippen molar-refractivity contribution in [1.82, 2.24) is 10.2 Å². The molecule has 5 fully saturated rings. The predicted molar refractivity (Wildman–Crippen MR) is 237 cm³/mol. The molecule has 2 N–H and O–H groups in total. The number of nitrogens with zero attached hydrogens (tertiary/aromatic N) is 1. The van der Waals surface area contributed by atoms with E-state index in [0.29, 0.717) is 43.7 Å². The van der Waals surface area contributed by atoms with Gasteiger partial charge < -0.3 is 53.2 Å². The summed E-state index contributed by atoms with van der Waals surface area (Å²) >= 11 is 0. The van der Waals surface area contributed by atoms with E-state index >= 15 is 4.79 Å². The van der Waals surface area contributed by atoms with E-state index in [2.05, 4.69) is 70.2 Å². The van der Waals surface area contributed by atoms with E-state index in [0.717, 1.165) is 24.8 Å². The molecule has 13 nitrogen and oxygen atoms in total. The predicted octanol–water partition coefficient (Wildman–Crippen LogP) is 6.19. The van der Waals surface area contributed by atoms with E-state index in [9.17, 15) is 9.90 Å². The second-order valence-electron chi connectivity index (χ2n) is 20.3. The fourth-order valence-electron chi connectivity index (χ4n) is 12.6. The summed E-state index contributed by atoms with van der Waals surface area (Å²) in [5, 5.41) is 16.7. The first kappa shape index (κ1) is 48.6. The Labute approximate surface area is 376 Å². The number of hydrogen-bond acceptors (Lipinski definition) is 13. The monoisotopic (exact) mass is 883 g/mol. The molecule has 19 atom stereocenters. The number of aliphatic hydroxyl groups is 1. The van der Waals surface area contributed by atoms with Crippen LogP contribution in [0.4, 0.5) is 0 Å². The number of esters is 1. The van der Waals surface area contributed by atoms with E-state index < -0.39 is 54.3 Å². The van der Waals surface area contributed by atoms with Crippen LogP contribution in [0, 0.1) is 35.5 Å². The molecule has 3 aliphatic carbocycles. The third kappa shape index (κ3) is 10.2. The van der Waals surface area contributed by atoms with Crippen LogP contribution in [-0.2, 0) is 53.0 Å². The molecule has 3 aliphatic heterocycles. The van der Waals surface area contributed by atoms with E-state index in [-0.39, 0.29) is 78.5 Å². The lowest BCUT2D eigenvalue weighted by atomic mass is 9.62. The van der Waals surface area contributed by atoms with Gasteiger partial charge in [0.05, 0.1) is 36.9 Å². The summed E-state index contributed by atoms with van der Waals surface area (Å²) < 4.78 is 50.4. The number of nitrogens with one attached hydrogen (secondary N) is 1. The number of hydrogen-bond donors (Lipinski definition) is 2. The molecule has 2 saturated carbocycles. The molecule has 3 saturated heterocycles. The first-order valence-corrected chi connectivity index (χ1v) is 23.9. The van der Waals surface area contributed by atoms with Crippen molar-refractivity contribution in [1.29, 1.82) is 0 Å². The number of methoxy groups -OCH3 is 3. The Kier molecular flexibility index (Phi) is 16.0. The number of ketones is 1. The second kappa shape index (κ2) is 20.7. The van der Waals surface area contributed by atoms with E-state index in [4.69, 9.17) is 37.9 Å². The van der Waals surface area contributed by atoms with Gasteiger partial charge in [0.25, 0.3) is 0 Å². The van der Waals surface area contributed by atoms with Gasteiger partial charge in [0, 0.05) is 50.8 Å². The minimum absolute atomic E-state index is 0.00131. The van der Waals surface area contributed by atoms with Gasteiger partial charge >= 0.3 is 5.97 Å². The van der Waals surface area contributed by atoms with Gasteiger partial charge in [-0.2, -0.15) is 0 Å². The average Bonchev–Trinajstić information content (AvgIpc) is 3.85.